The van der Waals surface area contributed by atoms with Crippen molar-refractivity contribution in [2.75, 3.05) is 90.0 Å². The Morgan fingerprint density at radius 1 is 0.444 bits per heavy atom. The van der Waals surface area contributed by atoms with Crippen molar-refractivity contribution in [1.82, 2.24) is 74.4 Å². The molecule has 14 aromatic rings. The van der Waals surface area contributed by atoms with E-state index in [4.69, 9.17) is 20.3 Å². The molecule has 0 spiro atoms. The van der Waals surface area contributed by atoms with Crippen molar-refractivity contribution in [3.05, 3.63) is 236 Å². The van der Waals surface area contributed by atoms with E-state index < -0.39 is 27.1 Å². The number of aromatic hydroxyl groups is 1. The molecule has 12 N–H and O–H groups in total. The Labute approximate surface area is 675 Å². The molecule has 0 saturated carbocycles. The molecule has 3 aliphatic heterocycles. The Hall–Kier alpha value is -12.8. The number of ether oxygens (including phenoxy) is 2. The first kappa shape index (κ1) is 80.7. The Bertz CT molecular complexity index is 5730. The lowest BCUT2D eigenvalue weighted by Crippen LogP contribution is -2.41. The smallest absolute Gasteiger partial charge is 0.373 e. The highest BCUT2D eigenvalue weighted by atomic mass is 16.5. The number of benzene rings is 5. The number of carbonyl (C=O) groups excluding carboxylic acids is 2. The number of aromatic carboxylic acids is 1. The number of carboxylic acid groups (broad SMARTS) is 1. The summed E-state index contributed by atoms with van der Waals surface area (Å²) in [4.78, 5) is 70.8. The fourth-order valence-electron chi connectivity index (χ4n) is 14.5. The molecular formula is C83H92B3N21O10. The number of carboxylic acids is 1. The molecule has 5 aromatic carbocycles. The van der Waals surface area contributed by atoms with Crippen LogP contribution in [0, 0.1) is 17.8 Å². The monoisotopic (exact) mass is 1580 g/mol. The molecule has 3 aliphatic rings. The normalized spacial score (nSPS) is 14.0. The molecule has 17 rings (SSSR count). The van der Waals surface area contributed by atoms with Gasteiger partial charge >= 0.3 is 27.1 Å². The van der Waals surface area contributed by atoms with E-state index >= 15 is 0 Å². The van der Waals surface area contributed by atoms with Gasteiger partial charge in [0.15, 0.2) is 34.2 Å². The van der Waals surface area contributed by atoms with Gasteiger partial charge in [0.25, 0.3) is 11.8 Å². The Balaban J connectivity index is 0.000000134. The van der Waals surface area contributed by atoms with Gasteiger partial charge in [-0.1, -0.05) is 78.9 Å². The molecule has 0 unspecified atom stereocenters. The zero-order valence-corrected chi connectivity index (χ0v) is 65.2. The predicted molar refractivity (Wildman–Crippen MR) is 455 cm³/mol. The second kappa shape index (κ2) is 38.1. The molecule has 0 radical (unpaired) electrons. The van der Waals surface area contributed by atoms with E-state index in [9.17, 15) is 34.6 Å². The van der Waals surface area contributed by atoms with Crippen molar-refractivity contribution in [1.29, 1.82) is 0 Å². The van der Waals surface area contributed by atoms with Crippen LogP contribution in [0.3, 0.4) is 0 Å². The van der Waals surface area contributed by atoms with Crippen molar-refractivity contribution < 1.29 is 49.1 Å². The number of carbonyl (C=O) groups is 3. The van der Waals surface area contributed by atoms with Gasteiger partial charge in [0, 0.05) is 74.0 Å². The number of fused-ring (bicyclic) bond motifs is 6. The minimum Gasteiger partial charge on any atom is -0.505 e. The van der Waals surface area contributed by atoms with Crippen molar-refractivity contribution in [2.24, 2.45) is 17.8 Å². The molecule has 0 aliphatic carbocycles. The molecule has 3 fully saturated rings. The van der Waals surface area contributed by atoms with Crippen molar-refractivity contribution in [3.8, 4) is 17.2 Å². The van der Waals surface area contributed by atoms with Crippen LogP contribution in [0.4, 0.5) is 34.1 Å². The summed E-state index contributed by atoms with van der Waals surface area (Å²) in [6, 6.07) is 43.4. The number of piperidine rings is 3. The summed E-state index contributed by atoms with van der Waals surface area (Å²) >= 11 is 0. The van der Waals surface area contributed by atoms with Gasteiger partial charge in [0.2, 0.25) is 0 Å². The number of nitrogens with zero attached hydrogens (tertiary/aromatic N) is 15. The summed E-state index contributed by atoms with van der Waals surface area (Å²) in [5, 5.41) is 77.9. The van der Waals surface area contributed by atoms with Gasteiger partial charge in [-0.3, -0.25) is 24.5 Å². The minimum absolute atomic E-state index is 0.0288. The van der Waals surface area contributed by atoms with Crippen LogP contribution in [-0.4, -0.2) is 182 Å². The van der Waals surface area contributed by atoms with Crippen molar-refractivity contribution in [2.45, 2.75) is 72.2 Å². The number of aromatic nitrogens is 12. The van der Waals surface area contributed by atoms with Gasteiger partial charge in [-0.15, -0.1) is 0 Å². The average molecular weight is 1580 g/mol. The van der Waals surface area contributed by atoms with Gasteiger partial charge < -0.3 is 81.5 Å². The van der Waals surface area contributed by atoms with E-state index in [1.165, 1.54) is 46.2 Å². The molecule has 9 aromatic heterocycles. The lowest BCUT2D eigenvalue weighted by atomic mass is 9.86. The van der Waals surface area contributed by atoms with Crippen LogP contribution >= 0.6 is 0 Å². The lowest BCUT2D eigenvalue weighted by molar-refractivity contribution is 0.0698. The minimum atomic E-state index is -1.05. The first-order chi connectivity index (χ1) is 56.9. The number of nitrogens with two attached hydrogens (primary N) is 1. The van der Waals surface area contributed by atoms with Crippen LogP contribution < -0.4 is 56.2 Å². The fraction of sp³-hybridized carbons (Fsp3) is 0.277. The van der Waals surface area contributed by atoms with Gasteiger partial charge in [0.05, 0.1) is 106 Å². The first-order valence-corrected chi connectivity index (χ1v) is 39.2. The van der Waals surface area contributed by atoms with Crippen LogP contribution in [0.25, 0.3) is 49.7 Å². The first-order valence-electron chi connectivity index (χ1n) is 39.2. The summed E-state index contributed by atoms with van der Waals surface area (Å²) in [6.07, 6.45) is 24.9. The van der Waals surface area contributed by atoms with Gasteiger partial charge in [-0.25, -0.2) is 33.3 Å². The summed E-state index contributed by atoms with van der Waals surface area (Å²) in [5.74, 6) is 0.997. The number of pyridine rings is 3. The van der Waals surface area contributed by atoms with Crippen molar-refractivity contribution in [3.63, 3.8) is 0 Å². The van der Waals surface area contributed by atoms with Gasteiger partial charge in [-0.2, -0.15) is 15.3 Å². The highest BCUT2D eigenvalue weighted by molar-refractivity contribution is 6.46. The van der Waals surface area contributed by atoms with Crippen LogP contribution in [0.5, 0.6) is 17.2 Å². The highest BCUT2D eigenvalue weighted by Crippen LogP contribution is 2.37. The van der Waals surface area contributed by atoms with Gasteiger partial charge in [-0.05, 0) is 162 Å². The van der Waals surface area contributed by atoms with E-state index in [1.807, 2.05) is 134 Å². The third-order valence-corrected chi connectivity index (χ3v) is 20.9. The highest BCUT2D eigenvalue weighted by Gasteiger charge is 2.28. The maximum atomic E-state index is 13.6. The summed E-state index contributed by atoms with van der Waals surface area (Å²) < 4.78 is 15.8. The number of rotatable bonds is 23. The van der Waals surface area contributed by atoms with E-state index in [1.54, 1.807) is 56.0 Å². The van der Waals surface area contributed by atoms with Crippen molar-refractivity contribution >= 4 is 123 Å². The quantitative estimate of drug-likeness (QED) is 0.0209. The zero-order valence-electron chi connectivity index (χ0n) is 65.2. The van der Waals surface area contributed by atoms with Crippen LogP contribution in [0.15, 0.2) is 208 Å². The van der Waals surface area contributed by atoms with Crippen LogP contribution in [0.1, 0.15) is 80.7 Å². The molecular weight excluding hydrogens is 1480 g/mol. The standard InChI is InChI=1S/C30H32BN7O3.C23H26BN7O3.C16H23BN4O.C14H11N3O3/c1-31(40)34-16-21-9-12-37(13-10-21)28-15-26-23(8-5-11-32-26)14-27(28)36-30(39)25-18-35-38-19-24(17-33-29(25)38)41-20-22-6-3-2-4-7-22;1-24(34)27-11-15-4-7-30(8-5-15)21-10-19-16(3-2-6-25-19)9-20(21)29-23(33)18-13-28-31-14-17(32)12-26-22(18)31;1-17(22)20-11-12-4-7-21(8-5-12)16-10-15-13(9-14(16)18)3-2-6-19-15;18-14(19)12-7-16-17-8-11(6-15-13(12)17)20-9-10-4-2-1-3-5-10/h2-8,11,14-15,17-19,21,34,40H,9-10,12-13,16,20H2,1H3,(H,36,39);2-3,6,9-10,12-15,27,32,34H,4-5,7-8,11H2,1H3,(H,29,33);2-3,6,9-10,12,20,22H,4-5,7-8,11,18H2,1H3;1-8H,9H2,(H,18,19). The number of anilines is 6. The van der Waals surface area contributed by atoms with E-state index in [0.717, 1.165) is 170 Å². The van der Waals surface area contributed by atoms with Gasteiger partial charge in [0.1, 0.15) is 29.9 Å². The van der Waals surface area contributed by atoms with Crippen LogP contribution in [0.2, 0.25) is 20.5 Å². The number of hydrogen-bond acceptors (Lipinski definition) is 25. The molecule has 0 atom stereocenters. The van der Waals surface area contributed by atoms with E-state index in [-0.39, 0.29) is 23.1 Å². The second-order valence-corrected chi connectivity index (χ2v) is 29.4. The maximum absolute atomic E-state index is 13.6. The lowest BCUT2D eigenvalue weighted by Gasteiger charge is -2.35. The Morgan fingerprint density at radius 3 is 1.21 bits per heavy atom. The van der Waals surface area contributed by atoms with Crippen LogP contribution in [-0.2, 0) is 13.2 Å². The topological polar surface area (TPSA) is 396 Å². The number of nitrogens with one attached hydrogen (secondary N) is 5. The molecule has 12 heterocycles. The predicted octanol–water partition coefficient (Wildman–Crippen LogP) is 9.92. The molecule has 31 nitrogen and oxygen atoms in total. The third-order valence-electron chi connectivity index (χ3n) is 20.9. The van der Waals surface area contributed by atoms with E-state index in [0.29, 0.717) is 76.2 Å². The number of nitrogen functional groups attached to an aromatic ring is 1. The molecule has 0 bridgehead atoms. The van der Waals surface area contributed by atoms with E-state index in [2.05, 4.69) is 92.3 Å². The fourth-order valence-corrected chi connectivity index (χ4v) is 14.5. The Kier molecular flexibility index (Phi) is 26.3. The maximum Gasteiger partial charge on any atom is 0.373 e. The number of hydrogen-bond donors (Lipinski definition) is 11. The molecule has 117 heavy (non-hydrogen) atoms. The number of amides is 2. The SMILES string of the molecule is CB(O)NCC1CCN(c2cc3ncccc3cc2N)CC1.CB(O)NCC1CCN(c2cc3ncccc3cc2NC(=O)c2cnn3cc(O)cnc23)CC1.CB(O)NCC1CCN(c2cc3ncccc3cc2NC(=O)c2cnn3cc(OCc4ccccc4)cnc23)CC1.O=C(O)c1cnn2cc(OCc3ccccc3)cnc12. The molecule has 598 valence electrons. The molecule has 3 saturated heterocycles. The zero-order chi connectivity index (χ0) is 81.3. The second-order valence-electron chi connectivity index (χ2n) is 29.4. The summed E-state index contributed by atoms with van der Waals surface area (Å²) in [7, 11) is -1.45. The average Bonchev–Trinajstić information content (AvgIpc) is 1.35. The summed E-state index contributed by atoms with van der Waals surface area (Å²) in [5.41, 5.74) is 18.1. The molecule has 2 amide bonds. The molecule has 34 heteroatoms. The summed E-state index contributed by atoms with van der Waals surface area (Å²) in [6.45, 7) is 13.9. The Morgan fingerprint density at radius 2 is 0.803 bits per heavy atom. The third kappa shape index (κ3) is 20.8. The largest absolute Gasteiger partial charge is 0.505 e.